The van der Waals surface area contributed by atoms with Crippen molar-refractivity contribution in [3.05, 3.63) is 23.3 Å². The zero-order valence-corrected chi connectivity index (χ0v) is 13.2. The summed E-state index contributed by atoms with van der Waals surface area (Å²) in [5.41, 5.74) is 2.39. The Bertz CT molecular complexity index is 420. The zero-order chi connectivity index (χ0) is 15.1. The number of nitrogens with one attached hydrogen (secondary N) is 1. The first-order valence-electron chi connectivity index (χ1n) is 7.10. The molecule has 0 aliphatic heterocycles. The number of aliphatic hydroxyl groups is 1. The van der Waals surface area contributed by atoms with E-state index in [1.165, 1.54) is 11.1 Å². The molecule has 0 saturated carbocycles. The third-order valence-corrected chi connectivity index (χ3v) is 3.63. The van der Waals surface area contributed by atoms with Gasteiger partial charge < -0.3 is 19.9 Å². The summed E-state index contributed by atoms with van der Waals surface area (Å²) in [5, 5.41) is 12.4. The van der Waals surface area contributed by atoms with Crippen LogP contribution in [0.5, 0.6) is 11.5 Å². The van der Waals surface area contributed by atoms with Crippen LogP contribution in [0.15, 0.2) is 12.1 Å². The van der Waals surface area contributed by atoms with Gasteiger partial charge in [0.25, 0.3) is 0 Å². The minimum atomic E-state index is 0.232. The number of benzene rings is 1. The van der Waals surface area contributed by atoms with Crippen molar-refractivity contribution in [2.45, 2.75) is 33.2 Å². The summed E-state index contributed by atoms with van der Waals surface area (Å²) in [4.78, 5) is 0. The molecule has 114 valence electrons. The van der Waals surface area contributed by atoms with Crippen LogP contribution in [-0.4, -0.2) is 32.5 Å². The van der Waals surface area contributed by atoms with Crippen LogP contribution in [0.2, 0.25) is 0 Å². The number of ether oxygens (including phenoxy) is 2. The molecule has 2 unspecified atom stereocenters. The maximum absolute atomic E-state index is 8.93. The summed E-state index contributed by atoms with van der Waals surface area (Å²) in [7, 11) is 3.30. The van der Waals surface area contributed by atoms with Crippen molar-refractivity contribution in [2.24, 2.45) is 5.92 Å². The normalized spacial score (nSPS) is 13.9. The number of hydrogen-bond donors (Lipinski definition) is 2. The van der Waals surface area contributed by atoms with Crippen LogP contribution >= 0.6 is 0 Å². The molecule has 4 nitrogen and oxygen atoms in total. The lowest BCUT2D eigenvalue weighted by Crippen LogP contribution is -2.25. The van der Waals surface area contributed by atoms with Crippen molar-refractivity contribution < 1.29 is 14.6 Å². The molecule has 0 aliphatic rings. The van der Waals surface area contributed by atoms with Crippen molar-refractivity contribution in [1.82, 2.24) is 5.32 Å². The van der Waals surface area contributed by atoms with Gasteiger partial charge in [0.1, 0.15) is 0 Å². The van der Waals surface area contributed by atoms with E-state index >= 15 is 0 Å². The lowest BCUT2D eigenvalue weighted by molar-refractivity contribution is 0.258. The highest BCUT2D eigenvalue weighted by atomic mass is 16.5. The lowest BCUT2D eigenvalue weighted by atomic mass is 10.0. The summed E-state index contributed by atoms with van der Waals surface area (Å²) >= 11 is 0. The molecule has 0 spiro atoms. The first-order valence-corrected chi connectivity index (χ1v) is 7.10. The minimum absolute atomic E-state index is 0.232. The Morgan fingerprint density at radius 1 is 1.15 bits per heavy atom. The number of methoxy groups -OCH3 is 2. The van der Waals surface area contributed by atoms with Gasteiger partial charge in [0.2, 0.25) is 0 Å². The third kappa shape index (κ3) is 4.39. The van der Waals surface area contributed by atoms with Crippen molar-refractivity contribution in [3.8, 4) is 11.5 Å². The Kier molecular flexibility index (Phi) is 6.82. The second-order valence-electron chi connectivity index (χ2n) is 5.31. The molecule has 2 N–H and O–H groups in total. The van der Waals surface area contributed by atoms with Gasteiger partial charge in [-0.05, 0) is 56.0 Å². The van der Waals surface area contributed by atoms with E-state index in [1.54, 1.807) is 14.2 Å². The molecule has 0 heterocycles. The average molecular weight is 281 g/mol. The van der Waals surface area contributed by atoms with E-state index in [1.807, 2.05) is 12.1 Å². The molecule has 0 amide bonds. The average Bonchev–Trinajstić information content (AvgIpc) is 2.44. The van der Waals surface area contributed by atoms with Crippen LogP contribution in [0.25, 0.3) is 0 Å². The lowest BCUT2D eigenvalue weighted by Gasteiger charge is -2.21. The Morgan fingerprint density at radius 3 is 2.30 bits per heavy atom. The summed E-state index contributed by atoms with van der Waals surface area (Å²) in [6.07, 6.45) is 0.824. The smallest absolute Gasteiger partial charge is 0.161 e. The van der Waals surface area contributed by atoms with Gasteiger partial charge in [-0.1, -0.05) is 6.92 Å². The second kappa shape index (κ2) is 8.12. The maximum Gasteiger partial charge on any atom is 0.161 e. The number of rotatable bonds is 8. The molecule has 0 aliphatic carbocycles. The summed E-state index contributed by atoms with van der Waals surface area (Å²) in [6.45, 7) is 7.48. The largest absolute Gasteiger partial charge is 0.493 e. The van der Waals surface area contributed by atoms with E-state index < -0.39 is 0 Å². The van der Waals surface area contributed by atoms with Crippen LogP contribution in [0.4, 0.5) is 0 Å². The number of aliphatic hydroxyl groups excluding tert-OH is 1. The molecule has 0 fully saturated rings. The van der Waals surface area contributed by atoms with E-state index in [2.05, 4.69) is 26.1 Å². The second-order valence-corrected chi connectivity index (χ2v) is 5.31. The molecule has 1 rings (SSSR count). The van der Waals surface area contributed by atoms with Crippen LogP contribution in [0.3, 0.4) is 0 Å². The topological polar surface area (TPSA) is 50.7 Å². The van der Waals surface area contributed by atoms with E-state index in [0.717, 1.165) is 24.5 Å². The van der Waals surface area contributed by atoms with Crippen LogP contribution in [0, 0.1) is 12.8 Å². The Hall–Kier alpha value is -1.26. The molecule has 0 aromatic heterocycles. The fraction of sp³-hybridized carbons (Fsp3) is 0.625. The zero-order valence-electron chi connectivity index (χ0n) is 13.2. The molecule has 0 radical (unpaired) electrons. The standard InChI is InChI=1S/C16H27NO3/c1-11(6-7-18)10-17-13(3)14-9-16(20-5)15(19-4)8-12(14)2/h8-9,11,13,17-18H,6-7,10H2,1-5H3. The fourth-order valence-corrected chi connectivity index (χ4v) is 2.27. The van der Waals surface area contributed by atoms with E-state index in [0.29, 0.717) is 5.92 Å². The van der Waals surface area contributed by atoms with Gasteiger partial charge >= 0.3 is 0 Å². The first kappa shape index (κ1) is 16.8. The van der Waals surface area contributed by atoms with Crippen LogP contribution in [-0.2, 0) is 0 Å². The third-order valence-electron chi connectivity index (χ3n) is 3.63. The molecule has 0 bridgehead atoms. The summed E-state index contributed by atoms with van der Waals surface area (Å²) < 4.78 is 10.7. The Labute approximate surface area is 122 Å². The van der Waals surface area contributed by atoms with Crippen molar-refractivity contribution >= 4 is 0 Å². The molecule has 4 heteroatoms. The Morgan fingerprint density at radius 2 is 1.75 bits per heavy atom. The van der Waals surface area contributed by atoms with Crippen molar-refractivity contribution in [3.63, 3.8) is 0 Å². The monoisotopic (exact) mass is 281 g/mol. The van der Waals surface area contributed by atoms with E-state index in [9.17, 15) is 0 Å². The molecule has 0 saturated heterocycles. The molecular formula is C16H27NO3. The quantitative estimate of drug-likeness (QED) is 0.769. The van der Waals surface area contributed by atoms with Crippen LogP contribution < -0.4 is 14.8 Å². The first-order chi connectivity index (χ1) is 9.53. The SMILES string of the molecule is COc1cc(C)c(C(C)NCC(C)CCO)cc1OC. The maximum atomic E-state index is 8.93. The van der Waals surface area contributed by atoms with Gasteiger partial charge in [-0.2, -0.15) is 0 Å². The van der Waals surface area contributed by atoms with E-state index in [4.69, 9.17) is 14.6 Å². The highest BCUT2D eigenvalue weighted by Gasteiger charge is 2.14. The summed E-state index contributed by atoms with van der Waals surface area (Å²) in [6, 6.07) is 4.27. The van der Waals surface area contributed by atoms with Crippen molar-refractivity contribution in [1.29, 1.82) is 0 Å². The number of hydrogen-bond acceptors (Lipinski definition) is 4. The minimum Gasteiger partial charge on any atom is -0.493 e. The summed E-state index contributed by atoms with van der Waals surface area (Å²) in [5.74, 6) is 1.97. The predicted octanol–water partition coefficient (Wildman–Crippen LogP) is 2.68. The van der Waals surface area contributed by atoms with Gasteiger partial charge in [0.15, 0.2) is 11.5 Å². The van der Waals surface area contributed by atoms with Gasteiger partial charge in [-0.3, -0.25) is 0 Å². The molecule has 2 atom stereocenters. The molecular weight excluding hydrogens is 254 g/mol. The van der Waals surface area contributed by atoms with Crippen LogP contribution in [0.1, 0.15) is 37.4 Å². The molecule has 1 aromatic rings. The molecule has 1 aromatic carbocycles. The van der Waals surface area contributed by atoms with Gasteiger partial charge in [0, 0.05) is 12.6 Å². The van der Waals surface area contributed by atoms with Crippen molar-refractivity contribution in [2.75, 3.05) is 27.4 Å². The number of aryl methyl sites for hydroxylation is 1. The van der Waals surface area contributed by atoms with E-state index in [-0.39, 0.29) is 12.6 Å². The highest BCUT2D eigenvalue weighted by Crippen LogP contribution is 2.32. The Balaban J connectivity index is 2.79. The predicted molar refractivity (Wildman–Crippen MR) is 81.6 cm³/mol. The van der Waals surface area contributed by atoms with Gasteiger partial charge in [-0.15, -0.1) is 0 Å². The molecule has 20 heavy (non-hydrogen) atoms. The fourth-order valence-electron chi connectivity index (χ4n) is 2.27. The highest BCUT2D eigenvalue weighted by molar-refractivity contribution is 5.47. The van der Waals surface area contributed by atoms with Gasteiger partial charge in [0.05, 0.1) is 14.2 Å². The van der Waals surface area contributed by atoms with Gasteiger partial charge in [-0.25, -0.2) is 0 Å².